The number of carboxylic acid groups (broad SMARTS) is 1. The molecule has 138 valence electrons. The van der Waals surface area contributed by atoms with Gasteiger partial charge >= 0.3 is 6.09 Å². The molecule has 0 aliphatic carbocycles. The average Bonchev–Trinajstić information content (AvgIpc) is 3.17. The van der Waals surface area contributed by atoms with Crippen LogP contribution in [0.25, 0.3) is 11.1 Å². The number of aromatic amines is 1. The number of hydrogen-bond acceptors (Lipinski definition) is 3. The lowest BCUT2D eigenvalue weighted by molar-refractivity contribution is 0.198. The van der Waals surface area contributed by atoms with Crippen LogP contribution >= 0.6 is 0 Å². The molecule has 1 aromatic heterocycles. The van der Waals surface area contributed by atoms with E-state index in [0.29, 0.717) is 30.0 Å². The predicted octanol–water partition coefficient (Wildman–Crippen LogP) is 4.83. The lowest BCUT2D eigenvalue weighted by Crippen LogP contribution is -2.41. The summed E-state index contributed by atoms with van der Waals surface area (Å²) in [6, 6.07) is 9.27. The fourth-order valence-electron chi connectivity index (χ4n) is 3.46. The highest BCUT2D eigenvalue weighted by Crippen LogP contribution is 2.44. The van der Waals surface area contributed by atoms with Crippen molar-refractivity contribution in [3.63, 3.8) is 0 Å². The van der Waals surface area contributed by atoms with Gasteiger partial charge in [0.2, 0.25) is 0 Å². The van der Waals surface area contributed by atoms with E-state index in [1.165, 1.54) is 17.0 Å². The molecule has 27 heavy (non-hydrogen) atoms. The summed E-state index contributed by atoms with van der Waals surface area (Å²) in [5.41, 5.74) is 3.06. The van der Waals surface area contributed by atoms with Crippen LogP contribution in [0.5, 0.6) is 11.5 Å². The number of carbonyl (C=O) groups is 1. The van der Waals surface area contributed by atoms with Gasteiger partial charge in [0.1, 0.15) is 17.3 Å². The molecule has 1 aliphatic rings. The van der Waals surface area contributed by atoms with Gasteiger partial charge in [0.25, 0.3) is 0 Å². The normalized spacial score (nSPS) is 16.1. The van der Waals surface area contributed by atoms with Crippen LogP contribution in [0, 0.1) is 5.82 Å². The maximum atomic E-state index is 13.2. The van der Waals surface area contributed by atoms with Crippen LogP contribution in [-0.4, -0.2) is 27.4 Å². The van der Waals surface area contributed by atoms with Gasteiger partial charge < -0.3 is 9.84 Å². The summed E-state index contributed by atoms with van der Waals surface area (Å²) in [4.78, 5) is 13.1. The molecule has 0 radical (unpaired) electrons. The number of nitrogens with zero attached hydrogens (tertiary/aromatic N) is 2. The first kappa shape index (κ1) is 17.1. The van der Waals surface area contributed by atoms with E-state index in [9.17, 15) is 14.3 Å². The first-order valence-electron chi connectivity index (χ1n) is 8.65. The van der Waals surface area contributed by atoms with E-state index in [2.05, 4.69) is 10.2 Å². The van der Waals surface area contributed by atoms with Gasteiger partial charge in [-0.2, -0.15) is 5.10 Å². The minimum atomic E-state index is -0.993. The van der Waals surface area contributed by atoms with Crippen molar-refractivity contribution in [3.8, 4) is 22.6 Å². The van der Waals surface area contributed by atoms with Crippen LogP contribution in [0.1, 0.15) is 18.9 Å². The van der Waals surface area contributed by atoms with Crippen molar-refractivity contribution in [3.05, 3.63) is 60.2 Å². The van der Waals surface area contributed by atoms with Crippen molar-refractivity contribution in [2.24, 2.45) is 0 Å². The number of benzene rings is 2. The molecule has 0 saturated heterocycles. The molecule has 4 rings (SSSR count). The Morgan fingerprint density at radius 1 is 1.30 bits per heavy atom. The standard InChI is InChI=1S/C20H18FN3O3/c1-12-2-7-17-18(24(12)20(25)26)9-8-16(13-10-22-23-11-13)19(17)27-15-5-3-14(21)4-6-15/h3-6,8-12H,2,7H2,1H3,(H,22,23)(H,25,26)/t12-/m0/s1. The third-order valence-corrected chi connectivity index (χ3v) is 4.80. The van der Waals surface area contributed by atoms with Crippen molar-refractivity contribution in [1.29, 1.82) is 0 Å². The molecular weight excluding hydrogens is 349 g/mol. The molecule has 1 aliphatic heterocycles. The Bertz CT molecular complexity index is 971. The largest absolute Gasteiger partial charge is 0.465 e. The molecule has 0 bridgehead atoms. The minimum Gasteiger partial charge on any atom is -0.465 e. The fourth-order valence-corrected chi connectivity index (χ4v) is 3.46. The zero-order chi connectivity index (χ0) is 19.0. The van der Waals surface area contributed by atoms with Gasteiger partial charge in [0, 0.05) is 28.9 Å². The molecule has 0 saturated carbocycles. The van der Waals surface area contributed by atoms with Crippen LogP contribution in [0.15, 0.2) is 48.8 Å². The summed E-state index contributed by atoms with van der Waals surface area (Å²) >= 11 is 0. The van der Waals surface area contributed by atoms with E-state index in [1.807, 2.05) is 13.0 Å². The second-order valence-corrected chi connectivity index (χ2v) is 6.52. The van der Waals surface area contributed by atoms with Crippen LogP contribution in [0.3, 0.4) is 0 Å². The second-order valence-electron chi connectivity index (χ2n) is 6.52. The Kier molecular flexibility index (Phi) is 4.27. The number of H-pyrrole nitrogens is 1. The highest BCUT2D eigenvalue weighted by atomic mass is 19.1. The lowest BCUT2D eigenvalue weighted by atomic mass is 9.92. The van der Waals surface area contributed by atoms with Gasteiger partial charge in [-0.3, -0.25) is 10.00 Å². The Morgan fingerprint density at radius 2 is 2.07 bits per heavy atom. The number of halogens is 1. The topological polar surface area (TPSA) is 78.5 Å². The van der Waals surface area contributed by atoms with Crippen LogP contribution in [0.2, 0.25) is 0 Å². The molecule has 6 nitrogen and oxygen atoms in total. The average molecular weight is 367 g/mol. The maximum absolute atomic E-state index is 13.2. The Balaban J connectivity index is 1.87. The van der Waals surface area contributed by atoms with Gasteiger partial charge in [0.05, 0.1) is 11.9 Å². The van der Waals surface area contributed by atoms with Crippen LogP contribution < -0.4 is 9.64 Å². The number of ether oxygens (including phenoxy) is 1. The maximum Gasteiger partial charge on any atom is 0.412 e. The smallest absolute Gasteiger partial charge is 0.412 e. The number of amides is 1. The molecule has 0 unspecified atom stereocenters. The number of aromatic nitrogens is 2. The summed E-state index contributed by atoms with van der Waals surface area (Å²) in [7, 11) is 0. The number of fused-ring (bicyclic) bond motifs is 1. The molecule has 3 aromatic rings. The fraction of sp³-hybridized carbons (Fsp3) is 0.200. The monoisotopic (exact) mass is 367 g/mol. The second kappa shape index (κ2) is 6.75. The number of anilines is 1. The Hall–Kier alpha value is -3.35. The summed E-state index contributed by atoms with van der Waals surface area (Å²) < 4.78 is 19.4. The molecular formula is C20H18FN3O3. The van der Waals surface area contributed by atoms with E-state index < -0.39 is 6.09 Å². The van der Waals surface area contributed by atoms with Crippen molar-refractivity contribution in [2.75, 3.05) is 4.90 Å². The Labute approximate surface area is 155 Å². The molecule has 1 atom stereocenters. The van der Waals surface area contributed by atoms with Crippen molar-refractivity contribution < 1.29 is 19.0 Å². The van der Waals surface area contributed by atoms with Crippen molar-refractivity contribution in [2.45, 2.75) is 25.8 Å². The van der Waals surface area contributed by atoms with Crippen molar-refractivity contribution in [1.82, 2.24) is 10.2 Å². The molecule has 7 heteroatoms. The first-order valence-corrected chi connectivity index (χ1v) is 8.65. The third-order valence-electron chi connectivity index (χ3n) is 4.80. The highest BCUT2D eigenvalue weighted by molar-refractivity contribution is 5.91. The van der Waals surface area contributed by atoms with Gasteiger partial charge in [-0.25, -0.2) is 9.18 Å². The van der Waals surface area contributed by atoms with Crippen LogP contribution in [-0.2, 0) is 6.42 Å². The minimum absolute atomic E-state index is 0.117. The summed E-state index contributed by atoms with van der Waals surface area (Å²) in [6.07, 6.45) is 3.81. The number of hydrogen-bond donors (Lipinski definition) is 2. The highest BCUT2D eigenvalue weighted by Gasteiger charge is 2.31. The van der Waals surface area contributed by atoms with Gasteiger partial charge in [-0.05, 0) is 56.2 Å². The number of nitrogens with one attached hydrogen (secondary N) is 1. The lowest BCUT2D eigenvalue weighted by Gasteiger charge is -2.34. The third kappa shape index (κ3) is 3.12. The van der Waals surface area contributed by atoms with Crippen LogP contribution in [0.4, 0.5) is 14.9 Å². The van der Waals surface area contributed by atoms with Gasteiger partial charge in [-0.15, -0.1) is 0 Å². The molecule has 0 spiro atoms. The summed E-state index contributed by atoms with van der Waals surface area (Å²) in [5, 5.41) is 16.4. The first-order chi connectivity index (χ1) is 13.0. The summed E-state index contributed by atoms with van der Waals surface area (Å²) in [6.45, 7) is 1.89. The predicted molar refractivity (Wildman–Crippen MR) is 98.8 cm³/mol. The summed E-state index contributed by atoms with van der Waals surface area (Å²) in [5.74, 6) is 0.701. The molecule has 2 aromatic carbocycles. The zero-order valence-electron chi connectivity index (χ0n) is 14.6. The van der Waals surface area contributed by atoms with E-state index in [4.69, 9.17) is 4.74 Å². The molecule has 0 fully saturated rings. The van der Waals surface area contributed by atoms with Gasteiger partial charge in [-0.1, -0.05) is 0 Å². The molecule has 1 amide bonds. The Morgan fingerprint density at radius 3 is 2.74 bits per heavy atom. The van der Waals surface area contributed by atoms with E-state index >= 15 is 0 Å². The quantitative estimate of drug-likeness (QED) is 0.695. The SMILES string of the molecule is C[C@H]1CCc2c(ccc(-c3cn[nH]c3)c2Oc2ccc(F)cc2)N1C(=O)O. The molecule has 2 N–H and O–H groups in total. The van der Waals surface area contributed by atoms with Gasteiger partial charge in [0.15, 0.2) is 0 Å². The van der Waals surface area contributed by atoms with E-state index in [1.54, 1.807) is 30.6 Å². The molecule has 2 heterocycles. The zero-order valence-corrected chi connectivity index (χ0v) is 14.6. The van der Waals surface area contributed by atoms with Crippen molar-refractivity contribution >= 4 is 11.8 Å². The van der Waals surface area contributed by atoms with E-state index in [0.717, 1.165) is 16.7 Å². The van der Waals surface area contributed by atoms with E-state index in [-0.39, 0.29) is 11.9 Å². The number of rotatable bonds is 3.